The molecule has 1 heterocycles. The first-order chi connectivity index (χ1) is 8.99. The van der Waals surface area contributed by atoms with E-state index in [9.17, 15) is 0 Å². The van der Waals surface area contributed by atoms with Crippen LogP contribution in [0.4, 0.5) is 0 Å². The second kappa shape index (κ2) is 5.70. The Morgan fingerprint density at radius 3 is 2.68 bits per heavy atom. The van der Waals surface area contributed by atoms with Gasteiger partial charge in [0.15, 0.2) is 0 Å². The highest BCUT2D eigenvalue weighted by atomic mass is 35.5. The predicted octanol–water partition coefficient (Wildman–Crippen LogP) is 3.22. The molecule has 1 fully saturated rings. The maximum atomic E-state index is 6.22. The third-order valence-electron chi connectivity index (χ3n) is 4.13. The molecule has 19 heavy (non-hydrogen) atoms. The second-order valence-corrected chi connectivity index (χ2v) is 6.16. The lowest BCUT2D eigenvalue weighted by molar-refractivity contribution is 0.119. The molecule has 106 valence electrons. The van der Waals surface area contributed by atoms with Crippen LogP contribution < -0.4 is 10.5 Å². The summed E-state index contributed by atoms with van der Waals surface area (Å²) in [5, 5.41) is 0.649. The molecule has 2 N–H and O–H groups in total. The van der Waals surface area contributed by atoms with Gasteiger partial charge in [-0.15, -0.1) is 0 Å². The van der Waals surface area contributed by atoms with Crippen molar-refractivity contribution in [3.63, 3.8) is 0 Å². The zero-order valence-corrected chi connectivity index (χ0v) is 12.7. The van der Waals surface area contributed by atoms with Crippen molar-refractivity contribution in [2.45, 2.75) is 38.3 Å². The second-order valence-electron chi connectivity index (χ2n) is 5.75. The average Bonchev–Trinajstić information content (AvgIpc) is 2.71. The summed E-state index contributed by atoms with van der Waals surface area (Å²) >= 11 is 6.22. The highest BCUT2D eigenvalue weighted by Gasteiger charge is 2.36. The van der Waals surface area contributed by atoms with E-state index in [1.807, 2.05) is 12.1 Å². The van der Waals surface area contributed by atoms with Crippen LogP contribution in [0.2, 0.25) is 5.02 Å². The van der Waals surface area contributed by atoms with Gasteiger partial charge in [0, 0.05) is 18.1 Å². The number of nitrogens with zero attached hydrogens (tertiary/aromatic N) is 1. The SMILES string of the molecule is COc1ccc(C(CN)N2CCCC2(C)C)cc1Cl. The molecule has 1 aliphatic heterocycles. The van der Waals surface area contributed by atoms with Crippen molar-refractivity contribution < 1.29 is 4.74 Å². The third kappa shape index (κ3) is 2.88. The van der Waals surface area contributed by atoms with Crippen molar-refractivity contribution in [2.75, 3.05) is 20.2 Å². The van der Waals surface area contributed by atoms with E-state index in [4.69, 9.17) is 22.1 Å². The van der Waals surface area contributed by atoms with Crippen LogP contribution in [0.25, 0.3) is 0 Å². The molecule has 4 heteroatoms. The lowest BCUT2D eigenvalue weighted by Crippen LogP contribution is -2.43. The molecule has 1 aromatic rings. The van der Waals surface area contributed by atoms with Gasteiger partial charge in [-0.3, -0.25) is 4.90 Å². The topological polar surface area (TPSA) is 38.5 Å². The molecule has 1 atom stereocenters. The molecule has 0 aliphatic carbocycles. The molecule has 0 aromatic heterocycles. The molecular weight excluding hydrogens is 260 g/mol. The van der Waals surface area contributed by atoms with Gasteiger partial charge in [-0.2, -0.15) is 0 Å². The monoisotopic (exact) mass is 282 g/mol. The van der Waals surface area contributed by atoms with Gasteiger partial charge in [0.2, 0.25) is 0 Å². The smallest absolute Gasteiger partial charge is 0.137 e. The number of hydrogen-bond donors (Lipinski definition) is 1. The number of likely N-dealkylation sites (tertiary alicyclic amines) is 1. The summed E-state index contributed by atoms with van der Waals surface area (Å²) in [5.74, 6) is 0.710. The third-order valence-corrected chi connectivity index (χ3v) is 4.42. The summed E-state index contributed by atoms with van der Waals surface area (Å²) in [6.45, 7) is 6.27. The highest BCUT2D eigenvalue weighted by molar-refractivity contribution is 6.32. The first-order valence-electron chi connectivity index (χ1n) is 6.80. The molecule has 2 rings (SSSR count). The van der Waals surface area contributed by atoms with E-state index in [0.29, 0.717) is 17.3 Å². The van der Waals surface area contributed by atoms with E-state index in [1.54, 1.807) is 7.11 Å². The van der Waals surface area contributed by atoms with E-state index in [2.05, 4.69) is 24.8 Å². The van der Waals surface area contributed by atoms with Crippen LogP contribution in [0.15, 0.2) is 18.2 Å². The molecular formula is C15H23ClN2O. The number of rotatable bonds is 4. The maximum absolute atomic E-state index is 6.22. The van der Waals surface area contributed by atoms with Crippen molar-refractivity contribution in [1.29, 1.82) is 0 Å². The molecule has 1 saturated heterocycles. The minimum Gasteiger partial charge on any atom is -0.495 e. The minimum atomic E-state index is 0.205. The van der Waals surface area contributed by atoms with Gasteiger partial charge in [0.25, 0.3) is 0 Å². The fraction of sp³-hybridized carbons (Fsp3) is 0.600. The molecule has 3 nitrogen and oxygen atoms in total. The molecule has 1 aliphatic rings. The lowest BCUT2D eigenvalue weighted by Gasteiger charge is -2.38. The van der Waals surface area contributed by atoms with Crippen molar-refractivity contribution >= 4 is 11.6 Å². The van der Waals surface area contributed by atoms with Gasteiger partial charge in [-0.25, -0.2) is 0 Å². The van der Waals surface area contributed by atoms with Crippen LogP contribution in [-0.4, -0.2) is 30.6 Å². The number of ether oxygens (including phenoxy) is 1. The highest BCUT2D eigenvalue weighted by Crippen LogP contribution is 2.37. The molecule has 0 amide bonds. The van der Waals surface area contributed by atoms with Crippen molar-refractivity contribution in [2.24, 2.45) is 5.73 Å². The van der Waals surface area contributed by atoms with Gasteiger partial charge in [0.05, 0.1) is 12.1 Å². The Labute approximate surface area is 120 Å². The number of methoxy groups -OCH3 is 1. The number of benzene rings is 1. The zero-order chi connectivity index (χ0) is 14.0. The lowest BCUT2D eigenvalue weighted by atomic mass is 9.97. The standard InChI is InChI=1S/C15H23ClN2O/c1-15(2)7-4-8-18(15)13(10-17)11-5-6-14(19-3)12(16)9-11/h5-6,9,13H,4,7-8,10,17H2,1-3H3. The summed E-state index contributed by atoms with van der Waals surface area (Å²) in [6, 6.07) is 6.19. The summed E-state index contributed by atoms with van der Waals surface area (Å²) in [6.07, 6.45) is 2.45. The van der Waals surface area contributed by atoms with Crippen molar-refractivity contribution in [1.82, 2.24) is 4.90 Å². The Morgan fingerprint density at radius 1 is 1.47 bits per heavy atom. The summed E-state index contributed by atoms with van der Waals surface area (Å²) in [5.41, 5.74) is 7.38. The molecule has 1 aromatic carbocycles. The Hall–Kier alpha value is -0.770. The molecule has 0 bridgehead atoms. The van der Waals surface area contributed by atoms with Crippen LogP contribution >= 0.6 is 11.6 Å². The first-order valence-corrected chi connectivity index (χ1v) is 7.17. The maximum Gasteiger partial charge on any atom is 0.137 e. The van der Waals surface area contributed by atoms with Crippen LogP contribution in [0, 0.1) is 0 Å². The van der Waals surface area contributed by atoms with Gasteiger partial charge in [-0.05, 0) is 50.9 Å². The van der Waals surface area contributed by atoms with E-state index in [1.165, 1.54) is 18.4 Å². The molecule has 0 radical (unpaired) electrons. The molecule has 0 spiro atoms. The normalized spacial score (nSPS) is 20.5. The largest absolute Gasteiger partial charge is 0.495 e. The van der Waals surface area contributed by atoms with E-state index >= 15 is 0 Å². The zero-order valence-electron chi connectivity index (χ0n) is 11.9. The Morgan fingerprint density at radius 2 is 2.21 bits per heavy atom. The van der Waals surface area contributed by atoms with Crippen LogP contribution in [0.1, 0.15) is 38.3 Å². The van der Waals surface area contributed by atoms with Crippen LogP contribution in [0.5, 0.6) is 5.75 Å². The first kappa shape index (κ1) is 14.6. The van der Waals surface area contributed by atoms with Crippen molar-refractivity contribution in [3.05, 3.63) is 28.8 Å². The minimum absolute atomic E-state index is 0.205. The Balaban J connectivity index is 2.29. The Kier molecular flexibility index (Phi) is 4.39. The quantitative estimate of drug-likeness (QED) is 0.921. The summed E-state index contributed by atoms with van der Waals surface area (Å²) in [7, 11) is 1.63. The number of hydrogen-bond acceptors (Lipinski definition) is 3. The van der Waals surface area contributed by atoms with E-state index in [0.717, 1.165) is 6.54 Å². The van der Waals surface area contributed by atoms with Gasteiger partial charge in [0.1, 0.15) is 5.75 Å². The van der Waals surface area contributed by atoms with E-state index < -0.39 is 0 Å². The fourth-order valence-corrected chi connectivity index (χ4v) is 3.31. The van der Waals surface area contributed by atoms with Gasteiger partial charge in [-0.1, -0.05) is 17.7 Å². The average molecular weight is 283 g/mol. The summed E-state index contributed by atoms with van der Waals surface area (Å²) in [4.78, 5) is 2.49. The number of halogens is 1. The van der Waals surface area contributed by atoms with E-state index in [-0.39, 0.29) is 11.6 Å². The molecule has 0 saturated carbocycles. The van der Waals surface area contributed by atoms with Crippen LogP contribution in [-0.2, 0) is 0 Å². The van der Waals surface area contributed by atoms with Crippen LogP contribution in [0.3, 0.4) is 0 Å². The fourth-order valence-electron chi connectivity index (χ4n) is 3.04. The summed E-state index contributed by atoms with van der Waals surface area (Å²) < 4.78 is 5.20. The van der Waals surface area contributed by atoms with Crippen molar-refractivity contribution in [3.8, 4) is 5.75 Å². The number of nitrogens with two attached hydrogens (primary N) is 1. The Bertz CT molecular complexity index is 448. The molecule has 1 unspecified atom stereocenters. The van der Waals surface area contributed by atoms with Gasteiger partial charge < -0.3 is 10.5 Å². The van der Waals surface area contributed by atoms with Gasteiger partial charge >= 0.3 is 0 Å². The predicted molar refractivity (Wildman–Crippen MR) is 79.8 cm³/mol.